The Kier molecular flexibility index (Phi) is 5.27. The van der Waals surface area contributed by atoms with Crippen molar-refractivity contribution >= 4 is 43.2 Å². The first-order valence-corrected chi connectivity index (χ1v) is 8.71. The molecular weight excluding hydrogens is 378 g/mol. The van der Waals surface area contributed by atoms with Gasteiger partial charge in [0.2, 0.25) is 0 Å². The molecule has 0 atom stereocenters. The van der Waals surface area contributed by atoms with E-state index < -0.39 is 10.0 Å². The summed E-state index contributed by atoms with van der Waals surface area (Å²) in [5.41, 5.74) is 0.465. The van der Waals surface area contributed by atoms with E-state index in [-0.39, 0.29) is 23.1 Å². The molecule has 0 saturated heterocycles. The van der Waals surface area contributed by atoms with Gasteiger partial charge >= 0.3 is 0 Å². The molecule has 0 aliphatic rings. The van der Waals surface area contributed by atoms with Gasteiger partial charge in [-0.25, -0.2) is 8.42 Å². The molecule has 0 aliphatic carbocycles. The molecule has 0 aliphatic heterocycles. The van der Waals surface area contributed by atoms with E-state index in [1.807, 2.05) is 0 Å². The van der Waals surface area contributed by atoms with Crippen LogP contribution in [-0.2, 0) is 10.0 Å². The second-order valence-corrected chi connectivity index (χ2v) is 7.36. The molecule has 2 rings (SSSR count). The molecule has 0 heterocycles. The number of rotatable bonds is 5. The zero-order chi connectivity index (χ0) is 15.5. The van der Waals surface area contributed by atoms with E-state index >= 15 is 0 Å². The molecule has 0 spiro atoms. The van der Waals surface area contributed by atoms with Crippen LogP contribution in [0.25, 0.3) is 0 Å². The molecule has 1 N–H and O–H groups in total. The smallest absolute Gasteiger partial charge is 0.265 e. The van der Waals surface area contributed by atoms with Gasteiger partial charge in [0.1, 0.15) is 4.90 Å². The van der Waals surface area contributed by atoms with Crippen molar-refractivity contribution in [2.45, 2.75) is 4.90 Å². The molecule has 0 fully saturated rings. The lowest BCUT2D eigenvalue weighted by Gasteiger charge is -2.24. The number of sulfonamides is 1. The van der Waals surface area contributed by atoms with Crippen molar-refractivity contribution in [2.24, 2.45) is 0 Å². The Morgan fingerprint density at radius 1 is 1.10 bits per heavy atom. The van der Waals surface area contributed by atoms with E-state index in [1.54, 1.807) is 36.4 Å². The number of halogens is 2. The summed E-state index contributed by atoms with van der Waals surface area (Å²) in [6, 6.07) is 13.0. The third kappa shape index (κ3) is 3.58. The minimum absolute atomic E-state index is 0.0167. The number of aliphatic hydroxyl groups excluding tert-OH is 1. The Morgan fingerprint density at radius 2 is 1.71 bits per heavy atom. The van der Waals surface area contributed by atoms with Crippen LogP contribution in [-0.4, -0.2) is 26.7 Å². The Balaban J connectivity index is 2.51. The molecule has 2 aromatic carbocycles. The van der Waals surface area contributed by atoms with Gasteiger partial charge in [-0.05, 0) is 36.4 Å². The molecule has 7 heteroatoms. The van der Waals surface area contributed by atoms with Crippen molar-refractivity contribution in [2.75, 3.05) is 17.5 Å². The summed E-state index contributed by atoms with van der Waals surface area (Å²) in [7, 11) is -3.83. The van der Waals surface area contributed by atoms with Crippen LogP contribution in [0.3, 0.4) is 0 Å². The first kappa shape index (κ1) is 16.3. The van der Waals surface area contributed by atoms with Gasteiger partial charge in [-0.3, -0.25) is 4.31 Å². The van der Waals surface area contributed by atoms with Gasteiger partial charge < -0.3 is 5.11 Å². The normalized spacial score (nSPS) is 11.4. The summed E-state index contributed by atoms with van der Waals surface area (Å²) in [6.07, 6.45) is 0. The second kappa shape index (κ2) is 6.79. The summed E-state index contributed by atoms with van der Waals surface area (Å²) >= 11 is 9.29. The van der Waals surface area contributed by atoms with Crippen LogP contribution in [0.5, 0.6) is 0 Å². The SMILES string of the molecule is O=S(=O)(c1ccccc1Cl)N(CCO)c1ccc(Br)cc1. The predicted molar refractivity (Wildman–Crippen MR) is 87.2 cm³/mol. The van der Waals surface area contributed by atoms with Crippen molar-refractivity contribution in [3.05, 3.63) is 58.0 Å². The lowest BCUT2D eigenvalue weighted by Crippen LogP contribution is -2.33. The highest BCUT2D eigenvalue weighted by molar-refractivity contribution is 9.10. The van der Waals surface area contributed by atoms with Crippen LogP contribution in [0.2, 0.25) is 5.02 Å². The third-order valence-corrected chi connectivity index (χ3v) is 5.68. The predicted octanol–water partition coefficient (Wildman–Crippen LogP) is 3.29. The number of hydrogen-bond donors (Lipinski definition) is 1. The number of anilines is 1. The summed E-state index contributed by atoms with van der Waals surface area (Å²) in [6.45, 7) is -0.338. The molecule has 0 aromatic heterocycles. The second-order valence-electron chi connectivity index (χ2n) is 4.21. The van der Waals surface area contributed by atoms with Gasteiger partial charge in [-0.1, -0.05) is 39.7 Å². The lowest BCUT2D eigenvalue weighted by atomic mass is 10.3. The van der Waals surface area contributed by atoms with Crippen LogP contribution in [0.15, 0.2) is 57.9 Å². The molecule has 4 nitrogen and oxygen atoms in total. The summed E-state index contributed by atoms with van der Waals surface area (Å²) in [4.78, 5) is 0.0167. The zero-order valence-electron chi connectivity index (χ0n) is 10.9. The fourth-order valence-corrected chi connectivity index (χ4v) is 4.08. The number of benzene rings is 2. The highest BCUT2D eigenvalue weighted by Gasteiger charge is 2.26. The maximum atomic E-state index is 12.7. The van der Waals surface area contributed by atoms with Gasteiger partial charge in [0.15, 0.2) is 0 Å². The van der Waals surface area contributed by atoms with Gasteiger partial charge in [-0.15, -0.1) is 0 Å². The molecule has 0 unspecified atom stereocenters. The van der Waals surface area contributed by atoms with E-state index in [4.69, 9.17) is 11.6 Å². The van der Waals surface area contributed by atoms with Gasteiger partial charge in [0, 0.05) is 4.47 Å². The van der Waals surface area contributed by atoms with Crippen LogP contribution in [0, 0.1) is 0 Å². The molecular formula is C14H13BrClNO3S. The minimum atomic E-state index is -3.83. The first-order chi connectivity index (χ1) is 9.96. The molecule has 0 saturated carbocycles. The average Bonchev–Trinajstić information content (AvgIpc) is 2.46. The zero-order valence-corrected chi connectivity index (χ0v) is 14.1. The molecule has 2 aromatic rings. The van der Waals surface area contributed by atoms with Crippen LogP contribution in [0.1, 0.15) is 0 Å². The Hall–Kier alpha value is -1.08. The number of hydrogen-bond acceptors (Lipinski definition) is 3. The Morgan fingerprint density at radius 3 is 2.29 bits per heavy atom. The summed E-state index contributed by atoms with van der Waals surface area (Å²) in [5, 5.41) is 9.33. The van der Waals surface area contributed by atoms with Gasteiger partial charge in [0.25, 0.3) is 10.0 Å². The summed E-state index contributed by atoms with van der Waals surface area (Å²) in [5.74, 6) is 0. The van der Waals surface area contributed by atoms with Crippen molar-refractivity contribution in [3.63, 3.8) is 0 Å². The largest absolute Gasteiger partial charge is 0.394 e. The minimum Gasteiger partial charge on any atom is -0.394 e. The highest BCUT2D eigenvalue weighted by Crippen LogP contribution is 2.28. The Labute approximate surface area is 137 Å². The third-order valence-electron chi connectivity index (χ3n) is 2.82. The molecule has 0 bridgehead atoms. The van der Waals surface area contributed by atoms with E-state index in [9.17, 15) is 13.5 Å². The number of nitrogens with zero attached hydrogens (tertiary/aromatic N) is 1. The van der Waals surface area contributed by atoms with Crippen molar-refractivity contribution in [1.82, 2.24) is 0 Å². The standard InChI is InChI=1S/C14H13BrClNO3S/c15-11-5-7-12(8-6-11)17(9-10-18)21(19,20)14-4-2-1-3-13(14)16/h1-8,18H,9-10H2. The molecule has 21 heavy (non-hydrogen) atoms. The van der Waals surface area contributed by atoms with E-state index in [0.717, 1.165) is 8.78 Å². The van der Waals surface area contributed by atoms with E-state index in [2.05, 4.69) is 15.9 Å². The van der Waals surface area contributed by atoms with Crippen LogP contribution >= 0.6 is 27.5 Å². The molecule has 0 amide bonds. The Bertz CT molecular complexity index is 719. The first-order valence-electron chi connectivity index (χ1n) is 6.10. The maximum Gasteiger partial charge on any atom is 0.265 e. The monoisotopic (exact) mass is 389 g/mol. The maximum absolute atomic E-state index is 12.7. The quantitative estimate of drug-likeness (QED) is 0.852. The molecule has 112 valence electrons. The van der Waals surface area contributed by atoms with E-state index in [0.29, 0.717) is 5.69 Å². The van der Waals surface area contributed by atoms with Crippen LogP contribution in [0.4, 0.5) is 5.69 Å². The fraction of sp³-hybridized carbons (Fsp3) is 0.143. The lowest BCUT2D eigenvalue weighted by molar-refractivity contribution is 0.306. The van der Waals surface area contributed by atoms with Crippen molar-refractivity contribution in [3.8, 4) is 0 Å². The van der Waals surface area contributed by atoms with Crippen LogP contribution < -0.4 is 4.31 Å². The molecule has 0 radical (unpaired) electrons. The van der Waals surface area contributed by atoms with Crippen molar-refractivity contribution in [1.29, 1.82) is 0 Å². The van der Waals surface area contributed by atoms with Gasteiger partial charge in [-0.2, -0.15) is 0 Å². The average molecular weight is 391 g/mol. The highest BCUT2D eigenvalue weighted by atomic mass is 79.9. The number of aliphatic hydroxyl groups is 1. The topological polar surface area (TPSA) is 57.6 Å². The van der Waals surface area contributed by atoms with E-state index in [1.165, 1.54) is 12.1 Å². The fourth-order valence-electron chi connectivity index (χ4n) is 1.86. The van der Waals surface area contributed by atoms with Gasteiger partial charge in [0.05, 0.1) is 23.9 Å². The van der Waals surface area contributed by atoms with Crippen molar-refractivity contribution < 1.29 is 13.5 Å². The summed E-state index contributed by atoms with van der Waals surface area (Å²) < 4.78 is 27.5.